The summed E-state index contributed by atoms with van der Waals surface area (Å²) in [5.41, 5.74) is 0. The first-order chi connectivity index (χ1) is 16.9. The molecule has 11 N–H and O–H groups in total. The maximum Gasteiger partial charge on any atom is 0.218 e. The van der Waals surface area contributed by atoms with Gasteiger partial charge in [-0.15, -0.1) is 4.91 Å². The van der Waals surface area contributed by atoms with E-state index in [9.17, 15) is 56.0 Å². The first-order valence-corrected chi connectivity index (χ1v) is 11.1. The molecule has 212 valence electrons. The van der Waals surface area contributed by atoms with Crippen LogP contribution < -0.4 is 0 Å². The Hall–Kier alpha value is -1.00. The Labute approximate surface area is 204 Å². The minimum absolute atomic E-state index is 0.526. The molecular weight excluding hydrogens is 498 g/mol. The van der Waals surface area contributed by atoms with E-state index >= 15 is 0 Å². The van der Waals surface area contributed by atoms with Crippen molar-refractivity contribution in [3.05, 3.63) is 4.91 Å². The second-order valence-electron chi connectivity index (χ2n) is 8.81. The molecule has 17 heteroatoms. The number of hydrogen-bond donors (Lipinski definition) is 11. The average Bonchev–Trinajstić information content (AvgIpc) is 2.88. The minimum atomic E-state index is -2.14. The topological polar surface area (TPSA) is 289 Å². The van der Waals surface area contributed by atoms with Crippen LogP contribution in [0.15, 0.2) is 5.18 Å². The molecule has 2 aliphatic heterocycles. The van der Waals surface area contributed by atoms with Gasteiger partial charge in [0.15, 0.2) is 12.6 Å². The van der Waals surface area contributed by atoms with Crippen LogP contribution in [0.2, 0.25) is 0 Å². The number of hydrogen-bond acceptors (Lipinski definition) is 17. The van der Waals surface area contributed by atoms with Gasteiger partial charge in [0.25, 0.3) is 0 Å². The lowest BCUT2D eigenvalue weighted by atomic mass is 9.96. The van der Waals surface area contributed by atoms with Crippen molar-refractivity contribution in [2.24, 2.45) is 11.1 Å². The lowest BCUT2D eigenvalue weighted by molar-refractivity contribution is -0.343. The normalized spacial score (nSPS) is 41.8. The third-order valence-electron chi connectivity index (χ3n) is 6.20. The van der Waals surface area contributed by atoms with Gasteiger partial charge in [-0.1, -0.05) is 6.92 Å². The van der Waals surface area contributed by atoms with Gasteiger partial charge in [0.05, 0.1) is 19.3 Å². The standard InChI is InChI=1S/C19H35NO16/c1-5(2-21)8(23)11(26)13(28)18(31)33-4-7-10(25)16(15(30)17(20-32)34-7)36-19-14(29)12(27)9(24)6(3-22)35-19/h5-19,21-31H,2-4H2,1H3. The number of rotatable bonds is 12. The summed E-state index contributed by atoms with van der Waals surface area (Å²) < 4.78 is 20.6. The molecule has 0 bridgehead atoms. The molecule has 0 spiro atoms. The Morgan fingerprint density at radius 1 is 0.806 bits per heavy atom. The maximum absolute atomic E-state index is 11.2. The van der Waals surface area contributed by atoms with Gasteiger partial charge >= 0.3 is 0 Å². The van der Waals surface area contributed by atoms with Crippen LogP contribution in [0.4, 0.5) is 0 Å². The van der Waals surface area contributed by atoms with E-state index in [-0.39, 0.29) is 0 Å². The van der Waals surface area contributed by atoms with Crippen molar-refractivity contribution >= 4 is 0 Å². The van der Waals surface area contributed by atoms with Crippen LogP contribution in [0.1, 0.15) is 6.92 Å². The first kappa shape index (κ1) is 31.2. The van der Waals surface area contributed by atoms with Gasteiger partial charge in [-0.25, -0.2) is 0 Å². The highest BCUT2D eigenvalue weighted by Crippen LogP contribution is 2.30. The summed E-state index contributed by atoms with van der Waals surface area (Å²) in [5.74, 6) is -0.855. The molecule has 15 atom stereocenters. The zero-order valence-electron chi connectivity index (χ0n) is 19.2. The van der Waals surface area contributed by atoms with Gasteiger partial charge < -0.3 is 75.1 Å². The molecule has 36 heavy (non-hydrogen) atoms. The predicted molar refractivity (Wildman–Crippen MR) is 111 cm³/mol. The molecule has 2 heterocycles. The molecule has 2 fully saturated rings. The van der Waals surface area contributed by atoms with E-state index in [4.69, 9.17) is 24.1 Å². The highest BCUT2D eigenvalue weighted by atomic mass is 16.7. The van der Waals surface area contributed by atoms with Gasteiger partial charge in [0.1, 0.15) is 61.0 Å². The van der Waals surface area contributed by atoms with E-state index in [1.54, 1.807) is 0 Å². The van der Waals surface area contributed by atoms with Gasteiger partial charge in [-0.3, -0.25) is 0 Å². The average molecular weight is 533 g/mol. The minimum Gasteiger partial charge on any atom is -0.396 e. The summed E-state index contributed by atoms with van der Waals surface area (Å²) in [5, 5.41) is 112. The molecule has 15 unspecified atom stereocenters. The van der Waals surface area contributed by atoms with E-state index in [0.717, 1.165) is 0 Å². The van der Waals surface area contributed by atoms with Crippen LogP contribution >= 0.6 is 0 Å². The fourth-order valence-electron chi connectivity index (χ4n) is 3.74. The summed E-state index contributed by atoms with van der Waals surface area (Å²) in [6.07, 6.45) is -25.3. The van der Waals surface area contributed by atoms with Gasteiger partial charge in [-0.05, 0) is 5.18 Å². The van der Waals surface area contributed by atoms with Gasteiger partial charge in [0, 0.05) is 12.5 Å². The lowest BCUT2D eigenvalue weighted by Crippen LogP contribution is -2.64. The van der Waals surface area contributed by atoms with Crippen LogP contribution in [-0.4, -0.2) is 162 Å². The van der Waals surface area contributed by atoms with Crippen LogP contribution in [0, 0.1) is 10.8 Å². The molecule has 0 amide bonds. The number of nitroso groups, excluding NO2 is 1. The largest absolute Gasteiger partial charge is 0.396 e. The molecule has 2 aliphatic rings. The third-order valence-corrected chi connectivity index (χ3v) is 6.20. The monoisotopic (exact) mass is 533 g/mol. The van der Waals surface area contributed by atoms with Crippen LogP contribution in [0.3, 0.4) is 0 Å². The molecule has 0 aromatic heterocycles. The summed E-state index contributed by atoms with van der Waals surface area (Å²) in [6.45, 7) is -0.711. The summed E-state index contributed by atoms with van der Waals surface area (Å²) >= 11 is 0. The molecule has 0 aromatic carbocycles. The SMILES string of the molecule is CC(CO)C(O)C(O)C(O)C(O)OCC1OC(N=O)C(O)C(OC2OC(CO)C(O)C(O)C2O)C1O. The van der Waals surface area contributed by atoms with E-state index in [2.05, 4.69) is 5.18 Å². The zero-order valence-corrected chi connectivity index (χ0v) is 19.2. The number of aliphatic hydroxyl groups is 11. The van der Waals surface area contributed by atoms with Crippen LogP contribution in [0.25, 0.3) is 0 Å². The summed E-state index contributed by atoms with van der Waals surface area (Å²) in [6, 6.07) is 0. The van der Waals surface area contributed by atoms with E-state index in [1.807, 2.05) is 0 Å². The van der Waals surface area contributed by atoms with Gasteiger partial charge in [0.2, 0.25) is 6.23 Å². The lowest BCUT2D eigenvalue weighted by Gasteiger charge is -2.45. The smallest absolute Gasteiger partial charge is 0.218 e. The quantitative estimate of drug-likeness (QED) is 0.0820. The Kier molecular flexibility index (Phi) is 11.9. The third kappa shape index (κ3) is 6.90. The maximum atomic E-state index is 11.2. The van der Waals surface area contributed by atoms with Crippen molar-refractivity contribution in [2.45, 2.75) is 92.9 Å². The predicted octanol–water partition coefficient (Wildman–Crippen LogP) is -6.57. The molecular formula is C19H35NO16. The van der Waals surface area contributed by atoms with E-state index in [1.165, 1.54) is 6.92 Å². The van der Waals surface area contributed by atoms with E-state index in [0.29, 0.717) is 0 Å². The second-order valence-corrected chi connectivity index (χ2v) is 8.81. The molecule has 0 radical (unpaired) electrons. The fourth-order valence-corrected chi connectivity index (χ4v) is 3.74. The van der Waals surface area contributed by atoms with Crippen molar-refractivity contribution < 1.29 is 75.1 Å². The number of nitrogens with zero attached hydrogens (tertiary/aromatic N) is 1. The second kappa shape index (κ2) is 13.7. The van der Waals surface area contributed by atoms with Crippen molar-refractivity contribution in [1.29, 1.82) is 0 Å². The molecule has 0 aromatic rings. The Balaban J connectivity index is 2.07. The summed E-state index contributed by atoms with van der Waals surface area (Å²) in [7, 11) is 0. The Morgan fingerprint density at radius 3 is 2.00 bits per heavy atom. The molecule has 17 nitrogen and oxygen atoms in total. The highest BCUT2D eigenvalue weighted by Gasteiger charge is 2.51. The van der Waals surface area contributed by atoms with Crippen molar-refractivity contribution in [1.82, 2.24) is 0 Å². The molecule has 0 saturated carbocycles. The fraction of sp³-hybridized carbons (Fsp3) is 1.00. The van der Waals surface area contributed by atoms with Crippen LogP contribution in [-0.2, 0) is 18.9 Å². The highest BCUT2D eigenvalue weighted by molar-refractivity contribution is 4.95. The zero-order chi connectivity index (χ0) is 27.3. The first-order valence-electron chi connectivity index (χ1n) is 11.1. The van der Waals surface area contributed by atoms with E-state index < -0.39 is 112 Å². The number of ether oxygens (including phenoxy) is 4. The Bertz CT molecular complexity index is 673. The van der Waals surface area contributed by atoms with Crippen molar-refractivity contribution in [2.75, 3.05) is 19.8 Å². The molecule has 2 saturated heterocycles. The van der Waals surface area contributed by atoms with Gasteiger partial charge in [-0.2, -0.15) is 0 Å². The molecule has 2 rings (SSSR count). The summed E-state index contributed by atoms with van der Waals surface area (Å²) in [4.78, 5) is 11.2. The van der Waals surface area contributed by atoms with Crippen molar-refractivity contribution in [3.8, 4) is 0 Å². The number of aliphatic hydroxyl groups excluding tert-OH is 11. The van der Waals surface area contributed by atoms with Crippen molar-refractivity contribution in [3.63, 3.8) is 0 Å². The Morgan fingerprint density at radius 2 is 1.44 bits per heavy atom. The molecule has 0 aliphatic carbocycles. The van der Waals surface area contributed by atoms with Crippen LogP contribution in [0.5, 0.6) is 0 Å².